The van der Waals surface area contributed by atoms with Gasteiger partial charge < -0.3 is 10.1 Å². The summed E-state index contributed by atoms with van der Waals surface area (Å²) in [6, 6.07) is 9.90. The average Bonchev–Trinajstić information content (AvgIpc) is 2.65. The second kappa shape index (κ2) is 7.98. The molecule has 1 amide bonds. The Morgan fingerprint density at radius 1 is 1.07 bits per heavy atom. The number of hydrogen-bond donors (Lipinski definition) is 1. The van der Waals surface area contributed by atoms with Gasteiger partial charge in [0.2, 0.25) is 10.0 Å². The van der Waals surface area contributed by atoms with Crippen LogP contribution in [0.1, 0.15) is 21.5 Å². The van der Waals surface area contributed by atoms with E-state index in [2.05, 4.69) is 5.32 Å². The van der Waals surface area contributed by atoms with Gasteiger partial charge in [0.05, 0.1) is 18.1 Å². The van der Waals surface area contributed by atoms with Crippen molar-refractivity contribution >= 4 is 33.2 Å². The fraction of sp³-hybridized carbons (Fsp3) is 0.316. The van der Waals surface area contributed by atoms with Crippen molar-refractivity contribution in [2.24, 2.45) is 0 Å². The molecule has 0 aromatic heterocycles. The molecule has 3 rings (SSSR count). The zero-order chi connectivity index (χ0) is 19.6. The third-order valence-corrected chi connectivity index (χ3v) is 6.76. The Bertz CT molecular complexity index is 970. The molecule has 1 N–H and O–H groups in total. The number of nitrogens with one attached hydrogen (secondary N) is 1. The van der Waals surface area contributed by atoms with Gasteiger partial charge in [-0.3, -0.25) is 4.79 Å². The number of hydrogen-bond acceptors (Lipinski definition) is 4. The largest absolute Gasteiger partial charge is 0.379 e. The normalized spacial score (nSPS) is 15.5. The van der Waals surface area contributed by atoms with Crippen LogP contribution in [0.25, 0.3) is 0 Å². The predicted molar refractivity (Wildman–Crippen MR) is 105 cm³/mol. The first kappa shape index (κ1) is 19.8. The van der Waals surface area contributed by atoms with E-state index in [1.165, 1.54) is 10.4 Å². The molecular weight excluding hydrogens is 388 g/mol. The Balaban J connectivity index is 1.90. The summed E-state index contributed by atoms with van der Waals surface area (Å²) < 4.78 is 32.5. The molecule has 1 fully saturated rings. The number of amides is 1. The molecular formula is C19H21ClN2O4S. The summed E-state index contributed by atoms with van der Waals surface area (Å²) in [7, 11) is -3.68. The Morgan fingerprint density at radius 2 is 1.74 bits per heavy atom. The van der Waals surface area contributed by atoms with E-state index < -0.39 is 15.9 Å². The Morgan fingerprint density at radius 3 is 2.44 bits per heavy atom. The molecule has 8 heteroatoms. The van der Waals surface area contributed by atoms with Crippen molar-refractivity contribution in [1.82, 2.24) is 4.31 Å². The Hall–Kier alpha value is -1.93. The van der Waals surface area contributed by atoms with E-state index in [1.807, 2.05) is 6.92 Å². The van der Waals surface area contributed by atoms with Crippen LogP contribution in [0.3, 0.4) is 0 Å². The molecule has 1 aliphatic rings. The maximum atomic E-state index is 13.0. The third-order valence-electron chi connectivity index (χ3n) is 4.49. The molecule has 0 spiro atoms. The highest BCUT2D eigenvalue weighted by molar-refractivity contribution is 7.89. The molecule has 1 saturated heterocycles. The number of carbonyl (C=O) groups excluding carboxylic acids is 1. The molecule has 0 saturated carbocycles. The second-order valence-electron chi connectivity index (χ2n) is 6.41. The monoisotopic (exact) mass is 408 g/mol. The number of halogens is 1. The number of carbonyl (C=O) groups is 1. The number of sulfonamides is 1. The molecule has 27 heavy (non-hydrogen) atoms. The lowest BCUT2D eigenvalue weighted by atomic mass is 10.1. The van der Waals surface area contributed by atoms with Crippen LogP contribution in [0.4, 0.5) is 5.69 Å². The first-order chi connectivity index (χ1) is 12.8. The van der Waals surface area contributed by atoms with Gasteiger partial charge in [0.1, 0.15) is 0 Å². The highest BCUT2D eigenvalue weighted by atomic mass is 35.5. The van der Waals surface area contributed by atoms with Crippen LogP contribution in [0.2, 0.25) is 5.02 Å². The first-order valence-corrected chi connectivity index (χ1v) is 10.4. The fourth-order valence-corrected chi connectivity index (χ4v) is 4.70. The third kappa shape index (κ3) is 4.32. The van der Waals surface area contributed by atoms with Crippen LogP contribution < -0.4 is 5.32 Å². The maximum absolute atomic E-state index is 13.0. The van der Waals surface area contributed by atoms with E-state index in [9.17, 15) is 13.2 Å². The molecule has 0 radical (unpaired) electrons. The van der Waals surface area contributed by atoms with Gasteiger partial charge in [-0.1, -0.05) is 23.7 Å². The van der Waals surface area contributed by atoms with Gasteiger partial charge in [-0.25, -0.2) is 8.42 Å². The van der Waals surface area contributed by atoms with Crippen LogP contribution in [-0.2, 0) is 14.8 Å². The van der Waals surface area contributed by atoms with Crippen molar-refractivity contribution in [2.45, 2.75) is 18.7 Å². The quantitative estimate of drug-likeness (QED) is 0.842. The van der Waals surface area contributed by atoms with E-state index in [-0.39, 0.29) is 10.5 Å². The van der Waals surface area contributed by atoms with Gasteiger partial charge in [0.15, 0.2) is 0 Å². The zero-order valence-electron chi connectivity index (χ0n) is 15.2. The maximum Gasteiger partial charge on any atom is 0.255 e. The molecule has 6 nitrogen and oxygen atoms in total. The number of benzene rings is 2. The minimum absolute atomic E-state index is 0.139. The minimum Gasteiger partial charge on any atom is -0.379 e. The smallest absolute Gasteiger partial charge is 0.255 e. The van der Waals surface area contributed by atoms with Gasteiger partial charge in [-0.2, -0.15) is 4.31 Å². The zero-order valence-corrected chi connectivity index (χ0v) is 16.7. The molecule has 0 aliphatic carbocycles. The number of aryl methyl sites for hydroxylation is 2. The van der Waals surface area contributed by atoms with Gasteiger partial charge in [-0.15, -0.1) is 0 Å². The minimum atomic E-state index is -3.68. The van der Waals surface area contributed by atoms with Crippen LogP contribution in [-0.4, -0.2) is 44.9 Å². The lowest BCUT2D eigenvalue weighted by Gasteiger charge is -2.26. The van der Waals surface area contributed by atoms with Gasteiger partial charge in [-0.05, 0) is 49.2 Å². The first-order valence-electron chi connectivity index (χ1n) is 8.55. The molecule has 0 unspecified atom stereocenters. The van der Waals surface area contributed by atoms with E-state index in [1.54, 1.807) is 37.3 Å². The summed E-state index contributed by atoms with van der Waals surface area (Å²) in [6.45, 7) is 4.92. The number of nitrogens with zero attached hydrogens (tertiary/aromatic N) is 1. The highest BCUT2D eigenvalue weighted by Crippen LogP contribution is 2.24. The van der Waals surface area contributed by atoms with Crippen molar-refractivity contribution in [1.29, 1.82) is 0 Å². The van der Waals surface area contributed by atoms with Crippen molar-refractivity contribution < 1.29 is 17.9 Å². The SMILES string of the molecule is Cc1ccc(Cl)cc1NC(=O)c1ccc(C)c(S(=O)(=O)N2CCOCC2)c1. The molecule has 1 aliphatic heterocycles. The van der Waals surface area contributed by atoms with E-state index >= 15 is 0 Å². The van der Waals surface area contributed by atoms with E-state index in [0.29, 0.717) is 42.6 Å². The molecule has 2 aromatic carbocycles. The Labute approximate surface area is 164 Å². The number of rotatable bonds is 4. The molecule has 144 valence electrons. The van der Waals surface area contributed by atoms with Crippen molar-refractivity contribution in [3.63, 3.8) is 0 Å². The topological polar surface area (TPSA) is 75.7 Å². The van der Waals surface area contributed by atoms with Gasteiger partial charge in [0, 0.05) is 29.4 Å². The fourth-order valence-electron chi connectivity index (χ4n) is 2.87. The van der Waals surface area contributed by atoms with Crippen LogP contribution in [0.5, 0.6) is 0 Å². The summed E-state index contributed by atoms with van der Waals surface area (Å²) in [4.78, 5) is 12.8. The molecule has 0 bridgehead atoms. The Kier molecular flexibility index (Phi) is 5.86. The molecule has 0 atom stereocenters. The van der Waals surface area contributed by atoms with Crippen LogP contribution >= 0.6 is 11.6 Å². The van der Waals surface area contributed by atoms with E-state index in [4.69, 9.17) is 16.3 Å². The molecule has 1 heterocycles. The highest BCUT2D eigenvalue weighted by Gasteiger charge is 2.28. The molecule has 2 aromatic rings. The summed E-state index contributed by atoms with van der Waals surface area (Å²) in [5.41, 5.74) is 2.32. The van der Waals surface area contributed by atoms with Crippen molar-refractivity contribution in [2.75, 3.05) is 31.6 Å². The summed E-state index contributed by atoms with van der Waals surface area (Å²) in [5, 5.41) is 3.30. The van der Waals surface area contributed by atoms with Gasteiger partial charge >= 0.3 is 0 Å². The van der Waals surface area contributed by atoms with Crippen molar-refractivity contribution in [3.8, 4) is 0 Å². The number of ether oxygens (including phenoxy) is 1. The number of morpholine rings is 1. The van der Waals surface area contributed by atoms with Crippen LogP contribution in [0.15, 0.2) is 41.3 Å². The van der Waals surface area contributed by atoms with Gasteiger partial charge in [0.25, 0.3) is 5.91 Å². The standard InChI is InChI=1S/C19H21ClN2O4S/c1-13-4-6-16(20)12-17(13)21-19(23)15-5-3-14(2)18(11-15)27(24,25)22-7-9-26-10-8-22/h3-6,11-12H,7-10H2,1-2H3,(H,21,23). The summed E-state index contributed by atoms with van der Waals surface area (Å²) in [5.74, 6) is -0.390. The van der Waals surface area contributed by atoms with Crippen LogP contribution in [0, 0.1) is 13.8 Å². The lowest BCUT2D eigenvalue weighted by molar-refractivity contribution is 0.0730. The summed E-state index contributed by atoms with van der Waals surface area (Å²) >= 11 is 5.99. The lowest BCUT2D eigenvalue weighted by Crippen LogP contribution is -2.40. The second-order valence-corrected chi connectivity index (χ2v) is 8.75. The summed E-state index contributed by atoms with van der Waals surface area (Å²) in [6.07, 6.45) is 0. The van der Waals surface area contributed by atoms with E-state index in [0.717, 1.165) is 5.56 Å². The van der Waals surface area contributed by atoms with Crippen molar-refractivity contribution in [3.05, 3.63) is 58.1 Å². The average molecular weight is 409 g/mol. The predicted octanol–water partition coefficient (Wildman–Crippen LogP) is 3.23. The number of anilines is 1.